The molecule has 9 nitrogen and oxygen atoms in total. The van der Waals surface area contributed by atoms with Gasteiger partial charge < -0.3 is 25.0 Å². The number of carbonyl (C=O) groups is 2. The molecule has 1 aliphatic heterocycles. The summed E-state index contributed by atoms with van der Waals surface area (Å²) in [6.45, 7) is 6.00. The fraction of sp³-hybridized carbons (Fsp3) is 0.462. The molecule has 36 heavy (non-hydrogen) atoms. The average molecular weight is 496 g/mol. The number of ether oxygens (including phenoxy) is 1. The molecule has 2 fully saturated rings. The summed E-state index contributed by atoms with van der Waals surface area (Å²) in [6, 6.07) is 3.99. The lowest BCUT2D eigenvalue weighted by Crippen LogP contribution is -2.42. The number of hydrogen-bond donors (Lipinski definition) is 3. The van der Waals surface area contributed by atoms with Crippen LogP contribution >= 0.6 is 0 Å². The summed E-state index contributed by atoms with van der Waals surface area (Å²) in [6.07, 6.45) is 3.11. The van der Waals surface area contributed by atoms with Crippen LogP contribution in [0.2, 0.25) is 0 Å². The van der Waals surface area contributed by atoms with Crippen molar-refractivity contribution >= 4 is 22.8 Å². The molecule has 2 aromatic heterocycles. The van der Waals surface area contributed by atoms with Gasteiger partial charge in [-0.2, -0.15) is 0 Å². The van der Waals surface area contributed by atoms with Crippen molar-refractivity contribution in [1.82, 2.24) is 25.2 Å². The van der Waals surface area contributed by atoms with Gasteiger partial charge in [0.15, 0.2) is 0 Å². The van der Waals surface area contributed by atoms with Gasteiger partial charge in [0.25, 0.3) is 11.8 Å². The minimum absolute atomic E-state index is 0.0996. The van der Waals surface area contributed by atoms with Crippen LogP contribution in [0, 0.1) is 18.7 Å². The van der Waals surface area contributed by atoms with Gasteiger partial charge in [0.05, 0.1) is 17.7 Å². The number of hydrogen-bond acceptors (Lipinski definition) is 6. The van der Waals surface area contributed by atoms with Crippen molar-refractivity contribution in [3.8, 4) is 17.0 Å². The maximum atomic E-state index is 14.2. The molecule has 1 saturated heterocycles. The zero-order chi connectivity index (χ0) is 25.6. The SMILES string of the molecule is Cc1[nH]c2c(-c3cc(F)ccc3OCC3CC3)ncnc2c1C(=O)N[C@@H]1C[C@H](C)N(C(=O)[C@H](C)O)C1. The van der Waals surface area contributed by atoms with Gasteiger partial charge in [-0.3, -0.25) is 9.59 Å². The van der Waals surface area contributed by atoms with E-state index in [1.54, 1.807) is 17.9 Å². The molecule has 1 saturated carbocycles. The number of amides is 2. The smallest absolute Gasteiger partial charge is 0.255 e. The second kappa shape index (κ2) is 9.50. The van der Waals surface area contributed by atoms with Crippen LogP contribution in [0.15, 0.2) is 24.5 Å². The second-order valence-corrected chi connectivity index (χ2v) is 9.89. The zero-order valence-corrected chi connectivity index (χ0v) is 20.5. The van der Waals surface area contributed by atoms with Crippen LogP contribution in [0.1, 0.15) is 49.2 Å². The Kier molecular flexibility index (Phi) is 6.38. The van der Waals surface area contributed by atoms with Crippen molar-refractivity contribution in [3.63, 3.8) is 0 Å². The van der Waals surface area contributed by atoms with Gasteiger partial charge in [0, 0.05) is 29.9 Å². The Balaban J connectivity index is 1.43. The maximum absolute atomic E-state index is 14.2. The number of likely N-dealkylation sites (tertiary alicyclic amines) is 1. The van der Waals surface area contributed by atoms with Crippen LogP contribution in [-0.2, 0) is 4.79 Å². The molecule has 3 aromatic rings. The van der Waals surface area contributed by atoms with Crippen molar-refractivity contribution < 1.29 is 23.8 Å². The summed E-state index contributed by atoms with van der Waals surface area (Å²) >= 11 is 0. The van der Waals surface area contributed by atoms with E-state index in [-0.39, 0.29) is 23.9 Å². The summed E-state index contributed by atoms with van der Waals surface area (Å²) in [4.78, 5) is 39.2. The molecule has 3 N–H and O–H groups in total. The van der Waals surface area contributed by atoms with E-state index in [1.165, 1.54) is 25.4 Å². The van der Waals surface area contributed by atoms with Crippen LogP contribution in [0.25, 0.3) is 22.3 Å². The first-order valence-corrected chi connectivity index (χ1v) is 12.3. The van der Waals surface area contributed by atoms with Crippen molar-refractivity contribution in [3.05, 3.63) is 41.6 Å². The van der Waals surface area contributed by atoms with Crippen LogP contribution in [0.5, 0.6) is 5.75 Å². The summed E-state index contributed by atoms with van der Waals surface area (Å²) in [7, 11) is 0. The molecule has 190 valence electrons. The summed E-state index contributed by atoms with van der Waals surface area (Å²) < 4.78 is 20.2. The van der Waals surface area contributed by atoms with Crippen LogP contribution in [-0.4, -0.2) is 68.1 Å². The number of nitrogens with zero attached hydrogens (tertiary/aromatic N) is 3. The lowest BCUT2D eigenvalue weighted by molar-refractivity contribution is -0.139. The molecule has 1 aromatic carbocycles. The molecule has 1 aliphatic carbocycles. The van der Waals surface area contributed by atoms with Gasteiger partial charge in [0.1, 0.15) is 35.2 Å². The van der Waals surface area contributed by atoms with E-state index in [0.717, 1.165) is 12.8 Å². The molecule has 0 radical (unpaired) electrons. The molecule has 3 atom stereocenters. The number of aliphatic hydroxyl groups excluding tert-OH is 1. The Morgan fingerprint density at radius 1 is 1.33 bits per heavy atom. The van der Waals surface area contributed by atoms with E-state index in [2.05, 4.69) is 20.3 Å². The van der Waals surface area contributed by atoms with Gasteiger partial charge in [-0.25, -0.2) is 14.4 Å². The fourth-order valence-corrected chi connectivity index (χ4v) is 4.85. The third-order valence-corrected chi connectivity index (χ3v) is 6.92. The van der Waals surface area contributed by atoms with Crippen molar-refractivity contribution in [2.24, 2.45) is 5.92 Å². The zero-order valence-electron chi connectivity index (χ0n) is 20.5. The van der Waals surface area contributed by atoms with Crippen molar-refractivity contribution in [2.75, 3.05) is 13.2 Å². The predicted octanol–water partition coefficient (Wildman–Crippen LogP) is 2.96. The summed E-state index contributed by atoms with van der Waals surface area (Å²) in [5, 5.41) is 12.7. The van der Waals surface area contributed by atoms with E-state index in [0.29, 0.717) is 64.8 Å². The topological polar surface area (TPSA) is 120 Å². The number of rotatable bonds is 7. The lowest BCUT2D eigenvalue weighted by atomic mass is 10.1. The minimum Gasteiger partial charge on any atom is -0.493 e. The number of aromatic amines is 1. The maximum Gasteiger partial charge on any atom is 0.255 e. The minimum atomic E-state index is -1.09. The normalized spacial score (nSPS) is 20.5. The average Bonchev–Trinajstić information content (AvgIpc) is 3.50. The molecule has 5 rings (SSSR count). The van der Waals surface area contributed by atoms with Gasteiger partial charge in [-0.05, 0) is 64.2 Å². The van der Waals surface area contributed by atoms with Gasteiger partial charge in [0.2, 0.25) is 0 Å². The van der Waals surface area contributed by atoms with E-state index < -0.39 is 11.9 Å². The molecule has 0 bridgehead atoms. The van der Waals surface area contributed by atoms with Gasteiger partial charge >= 0.3 is 0 Å². The largest absolute Gasteiger partial charge is 0.493 e. The number of nitrogens with one attached hydrogen (secondary N) is 2. The van der Waals surface area contributed by atoms with Crippen molar-refractivity contribution in [2.45, 2.75) is 58.2 Å². The molecule has 2 aliphatic rings. The third kappa shape index (κ3) is 4.65. The lowest BCUT2D eigenvalue weighted by Gasteiger charge is -2.22. The quantitative estimate of drug-likeness (QED) is 0.464. The predicted molar refractivity (Wildman–Crippen MR) is 131 cm³/mol. The highest BCUT2D eigenvalue weighted by molar-refractivity contribution is 6.09. The first kappa shape index (κ1) is 24.2. The highest BCUT2D eigenvalue weighted by Gasteiger charge is 2.35. The Labute approximate surface area is 208 Å². The third-order valence-electron chi connectivity index (χ3n) is 6.92. The van der Waals surface area contributed by atoms with Gasteiger partial charge in [-0.1, -0.05) is 0 Å². The number of halogens is 1. The van der Waals surface area contributed by atoms with Crippen molar-refractivity contribution in [1.29, 1.82) is 0 Å². The highest BCUT2D eigenvalue weighted by atomic mass is 19.1. The number of benzene rings is 1. The number of carbonyl (C=O) groups excluding carboxylic acids is 2. The molecule has 3 heterocycles. The van der Waals surface area contributed by atoms with E-state index in [4.69, 9.17) is 4.74 Å². The first-order chi connectivity index (χ1) is 17.2. The number of H-pyrrole nitrogens is 1. The Morgan fingerprint density at radius 3 is 2.83 bits per heavy atom. The molecular weight excluding hydrogens is 465 g/mol. The molecule has 0 unspecified atom stereocenters. The second-order valence-electron chi connectivity index (χ2n) is 9.89. The van der Waals surface area contributed by atoms with Crippen LogP contribution < -0.4 is 10.1 Å². The number of aliphatic hydroxyl groups is 1. The summed E-state index contributed by atoms with van der Waals surface area (Å²) in [5.41, 5.74) is 2.87. The monoisotopic (exact) mass is 495 g/mol. The number of aromatic nitrogens is 3. The fourth-order valence-electron chi connectivity index (χ4n) is 4.85. The Bertz CT molecular complexity index is 1320. The molecular formula is C26H30FN5O4. The number of aryl methyl sites for hydroxylation is 1. The summed E-state index contributed by atoms with van der Waals surface area (Å²) in [5.74, 6) is -0.0274. The Hall–Kier alpha value is -3.53. The highest BCUT2D eigenvalue weighted by Crippen LogP contribution is 2.37. The molecule has 2 amide bonds. The standard InChI is InChI=1S/C26H30FN5O4/c1-13-8-18(10-32(13)26(35)15(3)33)31-25(34)21-14(2)30-24-22(28-12-29-23(21)24)19-9-17(27)6-7-20(19)36-11-16-4-5-16/h6-7,9,12-13,15-16,18,30,33H,4-5,8,10-11H2,1-3H3,(H,31,34)/t13-,15-,18+/m0/s1. The van der Waals surface area contributed by atoms with Crippen LogP contribution in [0.3, 0.4) is 0 Å². The van der Waals surface area contributed by atoms with Gasteiger partial charge in [-0.15, -0.1) is 0 Å². The molecule has 0 spiro atoms. The molecule has 10 heteroatoms. The number of fused-ring (bicyclic) bond motifs is 1. The van der Waals surface area contributed by atoms with E-state index in [1.807, 2.05) is 6.92 Å². The van der Waals surface area contributed by atoms with Crippen LogP contribution in [0.4, 0.5) is 4.39 Å². The first-order valence-electron chi connectivity index (χ1n) is 12.3. The van der Waals surface area contributed by atoms with E-state index in [9.17, 15) is 19.1 Å². The Morgan fingerprint density at radius 2 is 2.11 bits per heavy atom. The van der Waals surface area contributed by atoms with E-state index >= 15 is 0 Å².